The van der Waals surface area contributed by atoms with Gasteiger partial charge in [-0.1, -0.05) is 143 Å². The fourth-order valence-corrected chi connectivity index (χ4v) is 8.15. The van der Waals surface area contributed by atoms with Crippen LogP contribution >= 0.6 is 0 Å². The van der Waals surface area contributed by atoms with E-state index in [1.807, 2.05) is 0 Å². The van der Waals surface area contributed by atoms with E-state index in [-0.39, 0.29) is 29.2 Å². The standard InChI is InChI=1S/C47H92N2O8S/c1-5-8-11-14-16-25-32-42-56-46(51)36-28-21-17-23-30-39-49(53,41-33-38-48-45(50)43-58(4,54)55)40-31-24-18-22-29-37-47(52)57-44(34-26-19-13-10-7-3)35-27-20-15-12-9-6-2/h44H,5-43H2,1-4H3,(H,48,50). The molecule has 1 N–H and O–H groups in total. The summed E-state index contributed by atoms with van der Waals surface area (Å²) in [5.41, 5.74) is 0. The van der Waals surface area contributed by atoms with Gasteiger partial charge < -0.3 is 24.6 Å². The van der Waals surface area contributed by atoms with Crippen molar-refractivity contribution < 1.29 is 36.9 Å². The molecule has 0 aromatic rings. The summed E-state index contributed by atoms with van der Waals surface area (Å²) in [5.74, 6) is -1.26. The first-order valence-electron chi connectivity index (χ1n) is 24.3. The minimum absolute atomic E-state index is 0.0458. The lowest BCUT2D eigenvalue weighted by Gasteiger charge is -2.43. The largest absolute Gasteiger partial charge is 0.633 e. The average Bonchev–Trinajstić information content (AvgIpc) is 3.17. The van der Waals surface area contributed by atoms with Crippen LogP contribution in [0.1, 0.15) is 233 Å². The smallest absolute Gasteiger partial charge is 0.306 e. The Morgan fingerprint density at radius 1 is 0.534 bits per heavy atom. The quantitative estimate of drug-likeness (QED) is 0.0277. The number of hydrogen-bond donors (Lipinski definition) is 1. The molecule has 1 amide bonds. The lowest BCUT2D eigenvalue weighted by Crippen LogP contribution is -2.45. The molecule has 0 bridgehead atoms. The molecule has 0 rings (SSSR count). The van der Waals surface area contributed by atoms with E-state index < -0.39 is 21.5 Å². The molecule has 344 valence electrons. The molecule has 2 unspecified atom stereocenters. The fraction of sp³-hybridized carbons (Fsp3) is 0.936. The number of hydroxylamine groups is 3. The van der Waals surface area contributed by atoms with E-state index in [1.54, 1.807) is 0 Å². The molecule has 2 atom stereocenters. The lowest BCUT2D eigenvalue weighted by atomic mass is 10.0. The van der Waals surface area contributed by atoms with Crippen molar-refractivity contribution >= 4 is 27.7 Å². The fourth-order valence-electron chi connectivity index (χ4n) is 7.57. The third-order valence-corrected chi connectivity index (χ3v) is 12.0. The number of unbranched alkanes of at least 4 members (excludes halogenated alkanes) is 23. The predicted octanol–water partition coefficient (Wildman–Crippen LogP) is 11.8. The van der Waals surface area contributed by atoms with E-state index in [2.05, 4.69) is 26.1 Å². The van der Waals surface area contributed by atoms with Gasteiger partial charge in [0.05, 0.1) is 26.2 Å². The predicted molar refractivity (Wildman–Crippen MR) is 241 cm³/mol. The molecule has 0 aromatic carbocycles. The number of hydrogen-bond acceptors (Lipinski definition) is 8. The highest BCUT2D eigenvalue weighted by Crippen LogP contribution is 2.19. The van der Waals surface area contributed by atoms with Crippen LogP contribution in [0.4, 0.5) is 0 Å². The van der Waals surface area contributed by atoms with Crippen LogP contribution in [0.15, 0.2) is 0 Å². The molecule has 58 heavy (non-hydrogen) atoms. The van der Waals surface area contributed by atoms with Crippen molar-refractivity contribution in [3.05, 3.63) is 5.21 Å². The van der Waals surface area contributed by atoms with Crippen LogP contribution < -0.4 is 5.32 Å². The second-order valence-corrected chi connectivity index (χ2v) is 19.4. The van der Waals surface area contributed by atoms with Gasteiger partial charge in [-0.3, -0.25) is 14.4 Å². The highest BCUT2D eigenvalue weighted by molar-refractivity contribution is 7.91. The summed E-state index contributed by atoms with van der Waals surface area (Å²) >= 11 is 0. The normalized spacial score (nSPS) is 13.3. The molecule has 0 aliphatic heterocycles. The number of esters is 2. The number of quaternary nitrogens is 1. The first-order chi connectivity index (χ1) is 27.9. The third-order valence-electron chi connectivity index (χ3n) is 11.2. The molecule has 0 fully saturated rings. The van der Waals surface area contributed by atoms with Crippen molar-refractivity contribution in [1.82, 2.24) is 5.32 Å². The van der Waals surface area contributed by atoms with Crippen molar-refractivity contribution in [3.8, 4) is 0 Å². The summed E-state index contributed by atoms with van der Waals surface area (Å²) in [6, 6.07) is 0. The Hall–Kier alpha value is -1.72. The van der Waals surface area contributed by atoms with Gasteiger partial charge in [-0.05, 0) is 70.6 Å². The summed E-state index contributed by atoms with van der Waals surface area (Å²) in [6.07, 6.45) is 35.2. The van der Waals surface area contributed by atoms with Crippen LogP contribution in [-0.2, 0) is 33.7 Å². The van der Waals surface area contributed by atoms with Gasteiger partial charge in [0, 0.05) is 32.1 Å². The second-order valence-electron chi connectivity index (χ2n) is 17.3. The van der Waals surface area contributed by atoms with E-state index in [0.29, 0.717) is 45.5 Å². The molecule has 0 aliphatic carbocycles. The Morgan fingerprint density at radius 2 is 0.931 bits per heavy atom. The van der Waals surface area contributed by atoms with Crippen molar-refractivity contribution in [3.63, 3.8) is 0 Å². The molecule has 10 nitrogen and oxygen atoms in total. The molecule has 0 spiro atoms. The number of amides is 1. The van der Waals surface area contributed by atoms with Crippen LogP contribution in [0, 0.1) is 5.21 Å². The number of sulfone groups is 1. The van der Waals surface area contributed by atoms with Crippen LogP contribution in [0.2, 0.25) is 0 Å². The molecule has 0 aliphatic rings. The molecule has 0 saturated heterocycles. The Balaban J connectivity index is 4.57. The number of nitrogens with one attached hydrogen (secondary N) is 1. The van der Waals surface area contributed by atoms with Gasteiger partial charge >= 0.3 is 11.9 Å². The average molecular weight is 845 g/mol. The van der Waals surface area contributed by atoms with Gasteiger partial charge in [0.15, 0.2) is 9.84 Å². The molecule has 0 radical (unpaired) electrons. The Bertz CT molecular complexity index is 1090. The zero-order valence-electron chi connectivity index (χ0n) is 38.3. The van der Waals surface area contributed by atoms with Gasteiger partial charge in [-0.25, -0.2) is 8.42 Å². The zero-order valence-corrected chi connectivity index (χ0v) is 39.1. The first kappa shape index (κ1) is 56.3. The van der Waals surface area contributed by atoms with Crippen molar-refractivity contribution in [2.75, 3.05) is 44.8 Å². The molecule has 0 heterocycles. The van der Waals surface area contributed by atoms with Crippen LogP contribution in [-0.4, -0.2) is 81.8 Å². The van der Waals surface area contributed by atoms with E-state index in [0.717, 1.165) is 109 Å². The number of carbonyl (C=O) groups excluding carboxylic acids is 3. The second kappa shape index (κ2) is 39.4. The molecule has 11 heteroatoms. The summed E-state index contributed by atoms with van der Waals surface area (Å²) in [6.45, 7) is 8.85. The van der Waals surface area contributed by atoms with E-state index in [4.69, 9.17) is 9.47 Å². The van der Waals surface area contributed by atoms with Crippen LogP contribution in [0.25, 0.3) is 0 Å². The van der Waals surface area contributed by atoms with Gasteiger partial charge in [-0.15, -0.1) is 0 Å². The molecule has 0 saturated carbocycles. The third kappa shape index (κ3) is 39.7. The van der Waals surface area contributed by atoms with Gasteiger partial charge in [0.2, 0.25) is 5.91 Å². The molecular weight excluding hydrogens is 753 g/mol. The lowest BCUT2D eigenvalue weighted by molar-refractivity contribution is -0.881. The zero-order chi connectivity index (χ0) is 43.0. The monoisotopic (exact) mass is 845 g/mol. The first-order valence-corrected chi connectivity index (χ1v) is 26.4. The number of ether oxygens (including phenoxy) is 2. The number of carbonyl (C=O) groups is 3. The number of rotatable bonds is 44. The SMILES string of the molecule is CCCCCCCCCOC(=O)CCCCCCC[N+]([O-])(CCCCCCCC(=O)OC(CCCCCCC)CCCCCCCC)CCCNC(=O)CS(C)(=O)=O. The summed E-state index contributed by atoms with van der Waals surface area (Å²) < 4.78 is 33.9. The maximum Gasteiger partial charge on any atom is 0.306 e. The highest BCUT2D eigenvalue weighted by Gasteiger charge is 2.18. The van der Waals surface area contributed by atoms with Gasteiger partial charge in [0.1, 0.15) is 11.9 Å². The topological polar surface area (TPSA) is 139 Å². The summed E-state index contributed by atoms with van der Waals surface area (Å²) in [7, 11) is -3.40. The molecular formula is C47H92N2O8S. The number of nitrogens with zero attached hydrogens (tertiary/aromatic N) is 1. The highest BCUT2D eigenvalue weighted by atomic mass is 32.2. The maximum absolute atomic E-state index is 13.9. The van der Waals surface area contributed by atoms with E-state index in [1.165, 1.54) is 89.9 Å². The van der Waals surface area contributed by atoms with Crippen LogP contribution in [0.5, 0.6) is 0 Å². The minimum Gasteiger partial charge on any atom is -0.633 e. The maximum atomic E-state index is 13.9. The minimum atomic E-state index is -3.40. The van der Waals surface area contributed by atoms with Gasteiger partial charge in [-0.2, -0.15) is 0 Å². The van der Waals surface area contributed by atoms with Crippen molar-refractivity contribution in [2.45, 2.75) is 239 Å². The Kier molecular flexibility index (Phi) is 38.2. The molecule has 0 aromatic heterocycles. The van der Waals surface area contributed by atoms with E-state index in [9.17, 15) is 28.0 Å². The van der Waals surface area contributed by atoms with Crippen LogP contribution in [0.3, 0.4) is 0 Å². The van der Waals surface area contributed by atoms with E-state index >= 15 is 0 Å². The Labute approximate surface area is 357 Å². The van der Waals surface area contributed by atoms with Crippen molar-refractivity contribution in [2.24, 2.45) is 0 Å². The van der Waals surface area contributed by atoms with Crippen molar-refractivity contribution in [1.29, 1.82) is 0 Å². The Morgan fingerprint density at radius 3 is 1.41 bits per heavy atom. The summed E-state index contributed by atoms with van der Waals surface area (Å²) in [5, 5.41) is 16.6. The van der Waals surface area contributed by atoms with Gasteiger partial charge in [0.25, 0.3) is 0 Å². The summed E-state index contributed by atoms with van der Waals surface area (Å²) in [4.78, 5) is 36.8.